The lowest BCUT2D eigenvalue weighted by atomic mass is 10.1. The summed E-state index contributed by atoms with van der Waals surface area (Å²) in [4.78, 5) is 12.4. The second-order valence-electron chi connectivity index (χ2n) is 7.21. The van der Waals surface area contributed by atoms with Crippen LogP contribution in [0.25, 0.3) is 11.8 Å². The number of carbonyl (C=O) groups is 1. The van der Waals surface area contributed by atoms with E-state index in [-0.39, 0.29) is 5.91 Å². The largest absolute Gasteiger partial charge is 0.493 e. The van der Waals surface area contributed by atoms with Gasteiger partial charge in [-0.15, -0.1) is 0 Å². The summed E-state index contributed by atoms with van der Waals surface area (Å²) in [5, 5.41) is 7.57. The number of para-hydroxylation sites is 1. The van der Waals surface area contributed by atoms with E-state index in [9.17, 15) is 4.79 Å². The molecule has 3 rings (SSSR count). The van der Waals surface area contributed by atoms with Gasteiger partial charge in [0.15, 0.2) is 11.5 Å². The van der Waals surface area contributed by atoms with Crippen LogP contribution in [0.5, 0.6) is 11.5 Å². The molecule has 3 aromatic rings. The van der Waals surface area contributed by atoms with Crippen LogP contribution in [-0.2, 0) is 11.3 Å². The molecule has 0 radical (unpaired) electrons. The van der Waals surface area contributed by atoms with E-state index in [1.165, 1.54) is 6.08 Å². The molecular formula is C25H29N3O3. The Balaban J connectivity index is 1.64. The maximum atomic E-state index is 12.4. The molecule has 1 N–H and O–H groups in total. The summed E-state index contributed by atoms with van der Waals surface area (Å²) in [6.45, 7) is 7.07. The summed E-state index contributed by atoms with van der Waals surface area (Å²) < 4.78 is 13.0. The topological polar surface area (TPSA) is 65.4 Å². The molecule has 162 valence electrons. The summed E-state index contributed by atoms with van der Waals surface area (Å²) in [6, 6.07) is 15.6. The van der Waals surface area contributed by atoms with Gasteiger partial charge in [-0.1, -0.05) is 31.2 Å². The highest BCUT2D eigenvalue weighted by molar-refractivity contribution is 5.91. The number of amides is 1. The average Bonchev–Trinajstić information content (AvgIpc) is 3.08. The van der Waals surface area contributed by atoms with Gasteiger partial charge in [0.1, 0.15) is 0 Å². The fourth-order valence-electron chi connectivity index (χ4n) is 3.28. The van der Waals surface area contributed by atoms with Crippen molar-refractivity contribution in [3.63, 3.8) is 0 Å². The first-order chi connectivity index (χ1) is 15.0. The van der Waals surface area contributed by atoms with Crippen molar-refractivity contribution < 1.29 is 14.3 Å². The summed E-state index contributed by atoms with van der Waals surface area (Å²) in [7, 11) is 1.61. The molecule has 0 saturated carbocycles. The maximum Gasteiger partial charge on any atom is 0.244 e. The molecule has 0 spiro atoms. The van der Waals surface area contributed by atoms with Crippen LogP contribution in [-0.4, -0.2) is 29.4 Å². The number of benzene rings is 2. The minimum atomic E-state index is -0.170. The third-order valence-corrected chi connectivity index (χ3v) is 4.96. The number of hydrogen-bond donors (Lipinski definition) is 1. The zero-order valence-corrected chi connectivity index (χ0v) is 18.5. The van der Waals surface area contributed by atoms with Gasteiger partial charge < -0.3 is 14.8 Å². The van der Waals surface area contributed by atoms with Crippen LogP contribution in [0.2, 0.25) is 0 Å². The molecule has 0 bridgehead atoms. The van der Waals surface area contributed by atoms with Gasteiger partial charge >= 0.3 is 0 Å². The third kappa shape index (κ3) is 5.54. The van der Waals surface area contributed by atoms with E-state index in [2.05, 4.69) is 17.3 Å². The van der Waals surface area contributed by atoms with Crippen LogP contribution in [0.4, 0.5) is 0 Å². The molecule has 6 nitrogen and oxygen atoms in total. The highest BCUT2D eigenvalue weighted by atomic mass is 16.5. The second-order valence-corrected chi connectivity index (χ2v) is 7.21. The van der Waals surface area contributed by atoms with Gasteiger partial charge in [0.2, 0.25) is 5.91 Å². The fraction of sp³-hybridized carbons (Fsp3) is 0.280. The summed E-state index contributed by atoms with van der Waals surface area (Å²) in [6.07, 6.45) is 4.20. The van der Waals surface area contributed by atoms with Crippen LogP contribution in [0, 0.1) is 13.8 Å². The quantitative estimate of drug-likeness (QED) is 0.514. The van der Waals surface area contributed by atoms with Crippen LogP contribution in [0.3, 0.4) is 0 Å². The number of nitrogens with one attached hydrogen (secondary N) is 1. The van der Waals surface area contributed by atoms with Gasteiger partial charge in [0.25, 0.3) is 0 Å². The number of rotatable bonds is 9. The summed E-state index contributed by atoms with van der Waals surface area (Å²) in [5.74, 6) is 1.18. The van der Waals surface area contributed by atoms with Crippen molar-refractivity contribution in [3.05, 3.63) is 77.1 Å². The van der Waals surface area contributed by atoms with Crippen LogP contribution < -0.4 is 14.8 Å². The van der Waals surface area contributed by atoms with E-state index < -0.39 is 0 Å². The molecule has 0 aliphatic carbocycles. The zero-order valence-electron chi connectivity index (χ0n) is 18.5. The van der Waals surface area contributed by atoms with Crippen LogP contribution >= 0.6 is 0 Å². The highest BCUT2D eigenvalue weighted by Gasteiger charge is 2.13. The Morgan fingerprint density at radius 1 is 1.13 bits per heavy atom. The standard InChI is InChI=1S/C25H29N3O3/c1-5-15-31-23-13-11-20(16-24(23)30-4)12-14-25(29)26-17-22-18(2)27-28(19(22)3)21-9-7-6-8-10-21/h6-14,16H,5,15,17H2,1-4H3,(H,26,29)/b14-12+. The first-order valence-corrected chi connectivity index (χ1v) is 10.4. The molecule has 0 fully saturated rings. The SMILES string of the molecule is CCCOc1ccc(/C=C/C(=O)NCc2c(C)nn(-c3ccccc3)c2C)cc1OC. The Kier molecular flexibility index (Phi) is 7.49. The molecule has 1 amide bonds. The van der Waals surface area contributed by atoms with E-state index >= 15 is 0 Å². The monoisotopic (exact) mass is 419 g/mol. The number of aryl methyl sites for hydroxylation is 1. The van der Waals surface area contributed by atoms with Gasteiger partial charge in [0.05, 0.1) is 25.1 Å². The van der Waals surface area contributed by atoms with Crippen molar-refractivity contribution >= 4 is 12.0 Å². The molecule has 1 aromatic heterocycles. The molecule has 0 saturated heterocycles. The van der Waals surface area contributed by atoms with E-state index in [0.29, 0.717) is 24.7 Å². The lowest BCUT2D eigenvalue weighted by molar-refractivity contribution is -0.116. The molecule has 0 aliphatic heterocycles. The fourth-order valence-corrected chi connectivity index (χ4v) is 3.28. The Morgan fingerprint density at radius 2 is 1.90 bits per heavy atom. The van der Waals surface area contributed by atoms with Gasteiger partial charge in [0, 0.05) is 23.9 Å². The number of nitrogens with zero attached hydrogens (tertiary/aromatic N) is 2. The number of carbonyl (C=O) groups excluding carboxylic acids is 1. The number of hydrogen-bond acceptors (Lipinski definition) is 4. The predicted octanol–water partition coefficient (Wildman–Crippen LogP) is 4.62. The Labute approximate surface area is 183 Å². The molecule has 6 heteroatoms. The van der Waals surface area contributed by atoms with E-state index in [1.54, 1.807) is 13.2 Å². The smallest absolute Gasteiger partial charge is 0.244 e. The lowest BCUT2D eigenvalue weighted by Crippen LogP contribution is -2.21. The van der Waals surface area contributed by atoms with Crippen molar-refractivity contribution in [2.75, 3.05) is 13.7 Å². The van der Waals surface area contributed by atoms with Gasteiger partial charge in [-0.3, -0.25) is 4.79 Å². The molecular weight excluding hydrogens is 390 g/mol. The van der Waals surface area contributed by atoms with Crippen molar-refractivity contribution in [3.8, 4) is 17.2 Å². The lowest BCUT2D eigenvalue weighted by Gasteiger charge is -2.10. The summed E-state index contributed by atoms with van der Waals surface area (Å²) >= 11 is 0. The van der Waals surface area contributed by atoms with Gasteiger partial charge in [-0.2, -0.15) is 5.10 Å². The van der Waals surface area contributed by atoms with Gasteiger partial charge in [-0.25, -0.2) is 4.68 Å². The number of aromatic nitrogens is 2. The molecule has 0 aliphatic rings. The van der Waals surface area contributed by atoms with Crippen LogP contribution in [0.1, 0.15) is 35.9 Å². The molecule has 0 atom stereocenters. The predicted molar refractivity (Wildman–Crippen MR) is 123 cm³/mol. The zero-order chi connectivity index (χ0) is 22.2. The number of ether oxygens (including phenoxy) is 2. The molecule has 0 unspecified atom stereocenters. The van der Waals surface area contributed by atoms with Crippen molar-refractivity contribution in [2.24, 2.45) is 0 Å². The van der Waals surface area contributed by atoms with Crippen molar-refractivity contribution in [1.82, 2.24) is 15.1 Å². The second kappa shape index (κ2) is 10.5. The molecule has 2 aromatic carbocycles. The minimum Gasteiger partial charge on any atom is -0.493 e. The van der Waals surface area contributed by atoms with Crippen LogP contribution in [0.15, 0.2) is 54.6 Å². The number of methoxy groups -OCH3 is 1. The maximum absolute atomic E-state index is 12.4. The third-order valence-electron chi connectivity index (χ3n) is 4.96. The average molecular weight is 420 g/mol. The van der Waals surface area contributed by atoms with E-state index in [1.807, 2.05) is 67.1 Å². The Bertz CT molecular complexity index is 1060. The minimum absolute atomic E-state index is 0.170. The van der Waals surface area contributed by atoms with Gasteiger partial charge in [-0.05, 0) is 56.2 Å². The van der Waals surface area contributed by atoms with E-state index in [0.717, 1.165) is 34.6 Å². The highest BCUT2D eigenvalue weighted by Crippen LogP contribution is 2.28. The first-order valence-electron chi connectivity index (χ1n) is 10.4. The molecule has 31 heavy (non-hydrogen) atoms. The normalized spacial score (nSPS) is 11.0. The van der Waals surface area contributed by atoms with E-state index in [4.69, 9.17) is 9.47 Å². The van der Waals surface area contributed by atoms with Crippen molar-refractivity contribution in [1.29, 1.82) is 0 Å². The molecule has 1 heterocycles. The van der Waals surface area contributed by atoms with Crippen molar-refractivity contribution in [2.45, 2.75) is 33.7 Å². The Morgan fingerprint density at radius 3 is 2.61 bits per heavy atom. The first kappa shape index (κ1) is 22.2. The summed E-state index contributed by atoms with van der Waals surface area (Å²) in [5.41, 5.74) is 4.80. The Hall–Kier alpha value is -3.54.